The number of nitrogens with one attached hydrogen (secondary N) is 1. The number of ether oxygens (including phenoxy) is 1. The smallest absolute Gasteiger partial charge is 0.142 e. The van der Waals surface area contributed by atoms with E-state index in [2.05, 4.69) is 5.32 Å². The van der Waals surface area contributed by atoms with Gasteiger partial charge in [0.1, 0.15) is 12.4 Å². The van der Waals surface area contributed by atoms with Crippen LogP contribution < -0.4 is 27.3 Å². The van der Waals surface area contributed by atoms with Crippen LogP contribution in [0.1, 0.15) is 5.56 Å². The van der Waals surface area contributed by atoms with E-state index >= 15 is 0 Å². The second kappa shape index (κ2) is 9.54. The zero-order valence-electron chi connectivity index (χ0n) is 13.2. The highest BCUT2D eigenvalue weighted by Crippen LogP contribution is 2.26. The van der Waals surface area contributed by atoms with E-state index in [0.29, 0.717) is 29.4 Å². The first kappa shape index (κ1) is 19.5. The molecule has 0 aliphatic rings. The minimum atomic E-state index is -0.0432. The van der Waals surface area contributed by atoms with E-state index in [1.54, 1.807) is 30.3 Å². The van der Waals surface area contributed by atoms with E-state index in [1.807, 2.05) is 18.2 Å². The fraction of sp³-hybridized carbons (Fsp3) is 0.176. The fourth-order valence-corrected chi connectivity index (χ4v) is 2.06. The van der Waals surface area contributed by atoms with Gasteiger partial charge < -0.3 is 32.4 Å². The van der Waals surface area contributed by atoms with Crippen molar-refractivity contribution in [1.29, 1.82) is 0 Å². The highest BCUT2D eigenvalue weighted by Gasteiger charge is 2.03. The summed E-state index contributed by atoms with van der Waals surface area (Å²) < 4.78 is 5.46. The highest BCUT2D eigenvalue weighted by atomic mass is 35.5. The van der Waals surface area contributed by atoms with Gasteiger partial charge in [-0.1, -0.05) is 12.2 Å². The second-order valence-corrected chi connectivity index (χ2v) is 5.00. The van der Waals surface area contributed by atoms with E-state index in [1.165, 1.54) is 0 Å². The van der Waals surface area contributed by atoms with Crippen LogP contribution in [-0.2, 0) is 0 Å². The molecule has 24 heavy (non-hydrogen) atoms. The maximum atomic E-state index is 8.86. The van der Waals surface area contributed by atoms with Crippen molar-refractivity contribution in [3.63, 3.8) is 0 Å². The van der Waals surface area contributed by atoms with E-state index in [0.717, 1.165) is 11.3 Å². The van der Waals surface area contributed by atoms with Crippen molar-refractivity contribution in [2.45, 2.75) is 0 Å². The summed E-state index contributed by atoms with van der Waals surface area (Å²) in [5, 5.41) is 12.1. The number of halogens is 1. The van der Waals surface area contributed by atoms with Crippen LogP contribution in [0.4, 0.5) is 22.7 Å². The van der Waals surface area contributed by atoms with Crippen molar-refractivity contribution in [3.05, 3.63) is 48.0 Å². The van der Waals surface area contributed by atoms with Crippen LogP contribution >= 0.6 is 12.4 Å². The zero-order valence-corrected chi connectivity index (χ0v) is 14.1. The molecule has 0 spiro atoms. The Hall–Kier alpha value is -2.57. The minimum absolute atomic E-state index is 0. The maximum absolute atomic E-state index is 8.86. The van der Waals surface area contributed by atoms with E-state index in [4.69, 9.17) is 27.0 Å². The summed E-state index contributed by atoms with van der Waals surface area (Å²) in [4.78, 5) is 0. The van der Waals surface area contributed by atoms with Gasteiger partial charge in [0, 0.05) is 23.6 Å². The van der Waals surface area contributed by atoms with Crippen molar-refractivity contribution in [2.24, 2.45) is 0 Å². The van der Waals surface area contributed by atoms with Gasteiger partial charge in [0.2, 0.25) is 0 Å². The predicted octanol–water partition coefficient (Wildman–Crippen LogP) is 2.35. The van der Waals surface area contributed by atoms with Gasteiger partial charge in [0.25, 0.3) is 0 Å². The summed E-state index contributed by atoms with van der Waals surface area (Å²) in [5.41, 5.74) is 21.1. The molecule has 2 aromatic rings. The molecule has 0 aliphatic heterocycles. The van der Waals surface area contributed by atoms with Gasteiger partial charge in [-0.15, -0.1) is 12.4 Å². The summed E-state index contributed by atoms with van der Waals surface area (Å²) in [6.45, 7) is 0.750. The lowest BCUT2D eigenvalue weighted by molar-refractivity contribution is 0.202. The molecular weight excluding hydrogens is 328 g/mol. The van der Waals surface area contributed by atoms with Crippen LogP contribution in [0.5, 0.6) is 5.75 Å². The average molecular weight is 351 g/mol. The first-order valence-electron chi connectivity index (χ1n) is 7.28. The van der Waals surface area contributed by atoms with E-state index < -0.39 is 0 Å². The number of aliphatic hydroxyl groups excluding tert-OH is 1. The largest absolute Gasteiger partial charge is 0.489 e. The maximum Gasteiger partial charge on any atom is 0.142 e. The predicted molar refractivity (Wildman–Crippen MR) is 103 cm³/mol. The van der Waals surface area contributed by atoms with Crippen molar-refractivity contribution >= 4 is 41.2 Å². The van der Waals surface area contributed by atoms with Crippen LogP contribution in [0.15, 0.2) is 42.5 Å². The minimum Gasteiger partial charge on any atom is -0.489 e. The second-order valence-electron chi connectivity index (χ2n) is 5.00. The molecule has 2 rings (SSSR count). The number of nitrogens with two attached hydrogens (primary N) is 3. The number of hydrogen-bond acceptors (Lipinski definition) is 6. The summed E-state index contributed by atoms with van der Waals surface area (Å²) >= 11 is 0. The van der Waals surface area contributed by atoms with Crippen LogP contribution in [0.25, 0.3) is 6.08 Å². The topological polar surface area (TPSA) is 120 Å². The van der Waals surface area contributed by atoms with Gasteiger partial charge in [-0.3, -0.25) is 0 Å². The molecule has 0 atom stereocenters. The van der Waals surface area contributed by atoms with Crippen LogP contribution in [0.2, 0.25) is 0 Å². The molecule has 0 aliphatic carbocycles. The Balaban J connectivity index is 0.00000288. The number of aliphatic hydroxyl groups is 1. The molecule has 2 aromatic carbocycles. The van der Waals surface area contributed by atoms with Gasteiger partial charge >= 0.3 is 0 Å². The molecule has 130 valence electrons. The Morgan fingerprint density at radius 2 is 1.75 bits per heavy atom. The number of benzene rings is 2. The summed E-state index contributed by atoms with van der Waals surface area (Å²) in [6, 6.07) is 10.7. The quantitative estimate of drug-likeness (QED) is 0.489. The lowest BCUT2D eigenvalue weighted by Gasteiger charge is -2.12. The van der Waals surface area contributed by atoms with E-state index in [9.17, 15) is 0 Å². The number of hydrogen-bond donors (Lipinski definition) is 5. The Morgan fingerprint density at radius 1 is 1.04 bits per heavy atom. The number of rotatable bonds is 7. The monoisotopic (exact) mass is 350 g/mol. The van der Waals surface area contributed by atoms with Crippen molar-refractivity contribution in [2.75, 3.05) is 42.3 Å². The highest BCUT2D eigenvalue weighted by molar-refractivity contribution is 5.85. The molecule has 0 fully saturated rings. The third kappa shape index (κ3) is 5.57. The Morgan fingerprint density at radius 3 is 2.50 bits per heavy atom. The van der Waals surface area contributed by atoms with Crippen molar-refractivity contribution in [1.82, 2.24) is 0 Å². The standard InChI is InChI=1S/C17H22N4O2.ClH/c18-13-3-5-15(20)12(10-13)2-1-7-21-16-11-14(19)4-6-17(16)23-9-8-22;/h1-6,10-11,21-22H,7-9,18-20H2;1H. The van der Waals surface area contributed by atoms with Gasteiger partial charge in [-0.2, -0.15) is 0 Å². The molecule has 8 N–H and O–H groups in total. The summed E-state index contributed by atoms with van der Waals surface area (Å²) in [7, 11) is 0. The van der Waals surface area contributed by atoms with Gasteiger partial charge in [-0.05, 0) is 42.0 Å². The lowest BCUT2D eigenvalue weighted by Crippen LogP contribution is -2.06. The van der Waals surface area contributed by atoms with Crippen LogP contribution in [0, 0.1) is 0 Å². The lowest BCUT2D eigenvalue weighted by atomic mass is 10.1. The van der Waals surface area contributed by atoms with Crippen LogP contribution in [-0.4, -0.2) is 24.9 Å². The SMILES string of the molecule is Cl.Nc1ccc(N)c(C=CCNc2cc(N)ccc2OCCO)c1. The molecular formula is C17H23ClN4O2. The molecule has 0 aromatic heterocycles. The molecule has 0 saturated carbocycles. The van der Waals surface area contributed by atoms with Crippen molar-refractivity contribution in [3.8, 4) is 5.75 Å². The average Bonchev–Trinajstić information content (AvgIpc) is 2.54. The first-order valence-corrected chi connectivity index (χ1v) is 7.28. The Bertz CT molecular complexity index is 692. The van der Waals surface area contributed by atoms with Gasteiger partial charge in [-0.25, -0.2) is 0 Å². The normalized spacial score (nSPS) is 10.4. The third-order valence-electron chi connectivity index (χ3n) is 3.17. The molecule has 6 nitrogen and oxygen atoms in total. The Labute approximate surface area is 147 Å². The number of nitrogen functional groups attached to an aromatic ring is 3. The summed E-state index contributed by atoms with van der Waals surface area (Å²) in [6.07, 6.45) is 3.84. The van der Waals surface area contributed by atoms with Gasteiger partial charge in [0.05, 0.1) is 12.3 Å². The molecule has 0 heterocycles. The Kier molecular flexibility index (Phi) is 7.74. The zero-order chi connectivity index (χ0) is 16.7. The molecule has 7 heteroatoms. The summed E-state index contributed by atoms with van der Waals surface area (Å²) in [5.74, 6) is 0.644. The fourth-order valence-electron chi connectivity index (χ4n) is 2.06. The molecule has 0 radical (unpaired) electrons. The van der Waals surface area contributed by atoms with E-state index in [-0.39, 0.29) is 25.6 Å². The first-order chi connectivity index (χ1) is 11.1. The number of anilines is 4. The molecule has 0 amide bonds. The molecule has 0 saturated heterocycles. The molecule has 0 bridgehead atoms. The third-order valence-corrected chi connectivity index (χ3v) is 3.17. The van der Waals surface area contributed by atoms with Crippen molar-refractivity contribution < 1.29 is 9.84 Å². The van der Waals surface area contributed by atoms with Crippen LogP contribution in [0.3, 0.4) is 0 Å². The molecule has 0 unspecified atom stereocenters. The van der Waals surface area contributed by atoms with Gasteiger partial charge in [0.15, 0.2) is 0 Å².